The van der Waals surface area contributed by atoms with Gasteiger partial charge in [-0.25, -0.2) is 4.39 Å². The van der Waals surface area contributed by atoms with Gasteiger partial charge in [-0.2, -0.15) is 0 Å². The fourth-order valence-corrected chi connectivity index (χ4v) is 2.65. The molecule has 0 saturated carbocycles. The lowest BCUT2D eigenvalue weighted by Crippen LogP contribution is -2.08. The first-order chi connectivity index (χ1) is 10.1. The second-order valence-corrected chi connectivity index (χ2v) is 5.40. The molecule has 0 aliphatic rings. The Morgan fingerprint density at radius 2 is 1.81 bits per heavy atom. The molecule has 0 N–H and O–H groups in total. The van der Waals surface area contributed by atoms with Gasteiger partial charge in [-0.3, -0.25) is 0 Å². The molecule has 3 heteroatoms. The van der Waals surface area contributed by atoms with Crippen LogP contribution in [0.15, 0.2) is 54.6 Å². The van der Waals surface area contributed by atoms with Crippen molar-refractivity contribution in [1.29, 1.82) is 0 Å². The third-order valence-electron chi connectivity index (χ3n) is 3.53. The minimum atomic E-state index is -0.210. The summed E-state index contributed by atoms with van der Waals surface area (Å²) in [4.78, 5) is 0. The molecule has 0 radical (unpaired) electrons. The molecule has 0 aliphatic heterocycles. The Morgan fingerprint density at radius 1 is 1.05 bits per heavy atom. The lowest BCUT2D eigenvalue weighted by atomic mass is 10.2. The molecule has 3 aromatic rings. The first-order valence-electron chi connectivity index (χ1n) is 7.12. The molecule has 0 saturated heterocycles. The molecule has 2 nitrogen and oxygen atoms in total. The van der Waals surface area contributed by atoms with Crippen LogP contribution in [0.2, 0.25) is 0 Å². The van der Waals surface area contributed by atoms with Crippen molar-refractivity contribution in [2.75, 3.05) is 0 Å². The van der Waals surface area contributed by atoms with Gasteiger partial charge >= 0.3 is 0 Å². The van der Waals surface area contributed by atoms with Crippen LogP contribution in [-0.4, -0.2) is 4.57 Å². The highest BCUT2D eigenvalue weighted by atomic mass is 19.1. The average Bonchev–Trinajstić information content (AvgIpc) is 2.84. The van der Waals surface area contributed by atoms with Crippen molar-refractivity contribution in [2.45, 2.75) is 26.5 Å². The van der Waals surface area contributed by atoms with Crippen LogP contribution in [0.4, 0.5) is 4.39 Å². The molecule has 3 rings (SSSR count). The topological polar surface area (TPSA) is 14.2 Å². The largest absolute Gasteiger partial charge is 0.487 e. The molecule has 0 atom stereocenters. The molecule has 0 amide bonds. The standard InChI is InChI=1S/C18H18FNO/c1-13(2)20-16(12-21-17-6-4-3-5-7-17)10-14-8-9-15(19)11-18(14)20/h3-11,13H,12H2,1-2H3. The van der Waals surface area contributed by atoms with E-state index in [2.05, 4.69) is 24.5 Å². The van der Waals surface area contributed by atoms with Gasteiger partial charge in [0, 0.05) is 11.4 Å². The van der Waals surface area contributed by atoms with E-state index in [4.69, 9.17) is 4.74 Å². The number of rotatable bonds is 4. The number of aromatic nitrogens is 1. The Hall–Kier alpha value is -2.29. The Labute approximate surface area is 123 Å². The third-order valence-corrected chi connectivity index (χ3v) is 3.53. The number of benzene rings is 2. The van der Waals surface area contributed by atoms with Crippen molar-refractivity contribution in [1.82, 2.24) is 4.57 Å². The summed E-state index contributed by atoms with van der Waals surface area (Å²) in [5, 5.41) is 1.04. The maximum atomic E-state index is 13.5. The first-order valence-corrected chi connectivity index (χ1v) is 7.12. The number of hydrogen-bond acceptors (Lipinski definition) is 1. The number of ether oxygens (including phenoxy) is 1. The van der Waals surface area contributed by atoms with Crippen LogP contribution in [-0.2, 0) is 6.61 Å². The van der Waals surface area contributed by atoms with Gasteiger partial charge in [0.2, 0.25) is 0 Å². The second-order valence-electron chi connectivity index (χ2n) is 5.40. The summed E-state index contributed by atoms with van der Waals surface area (Å²) >= 11 is 0. The summed E-state index contributed by atoms with van der Waals surface area (Å²) in [7, 11) is 0. The average molecular weight is 283 g/mol. The van der Waals surface area contributed by atoms with E-state index in [-0.39, 0.29) is 11.9 Å². The molecule has 0 fully saturated rings. The van der Waals surface area contributed by atoms with E-state index in [0.29, 0.717) is 6.61 Å². The lowest BCUT2D eigenvalue weighted by Gasteiger charge is -2.15. The molecule has 1 heterocycles. The van der Waals surface area contributed by atoms with Crippen molar-refractivity contribution < 1.29 is 9.13 Å². The van der Waals surface area contributed by atoms with E-state index in [1.54, 1.807) is 6.07 Å². The fraction of sp³-hybridized carbons (Fsp3) is 0.222. The van der Waals surface area contributed by atoms with E-state index >= 15 is 0 Å². The normalized spacial score (nSPS) is 11.2. The molecule has 21 heavy (non-hydrogen) atoms. The van der Waals surface area contributed by atoms with Gasteiger partial charge in [0.05, 0.1) is 11.2 Å². The SMILES string of the molecule is CC(C)n1c(COc2ccccc2)cc2ccc(F)cc21. The molecule has 0 unspecified atom stereocenters. The van der Waals surface area contributed by atoms with Gasteiger partial charge in [0.15, 0.2) is 0 Å². The number of fused-ring (bicyclic) bond motifs is 1. The number of halogens is 1. The van der Waals surface area contributed by atoms with Crippen LogP contribution in [0, 0.1) is 5.82 Å². The predicted octanol–water partition coefficient (Wildman–Crippen LogP) is 4.94. The van der Waals surface area contributed by atoms with Crippen LogP contribution < -0.4 is 4.74 Å². The van der Waals surface area contributed by atoms with Crippen molar-refractivity contribution in [2.24, 2.45) is 0 Å². The molecule has 0 spiro atoms. The highest BCUT2D eigenvalue weighted by molar-refractivity contribution is 5.81. The van der Waals surface area contributed by atoms with Crippen LogP contribution in [0.3, 0.4) is 0 Å². The maximum absolute atomic E-state index is 13.5. The zero-order valence-electron chi connectivity index (χ0n) is 12.2. The van der Waals surface area contributed by atoms with Crippen LogP contribution in [0.5, 0.6) is 5.75 Å². The van der Waals surface area contributed by atoms with E-state index in [1.165, 1.54) is 6.07 Å². The summed E-state index contributed by atoms with van der Waals surface area (Å²) in [5.41, 5.74) is 1.96. The summed E-state index contributed by atoms with van der Waals surface area (Å²) in [6.45, 7) is 4.66. The summed E-state index contributed by atoms with van der Waals surface area (Å²) in [5.74, 6) is 0.627. The van der Waals surface area contributed by atoms with Crippen molar-refractivity contribution in [3.05, 3.63) is 66.1 Å². The quantitative estimate of drug-likeness (QED) is 0.661. The number of hydrogen-bond donors (Lipinski definition) is 0. The maximum Gasteiger partial charge on any atom is 0.128 e. The molecular weight excluding hydrogens is 265 g/mol. The van der Waals surface area contributed by atoms with E-state index in [0.717, 1.165) is 22.3 Å². The Morgan fingerprint density at radius 3 is 2.52 bits per heavy atom. The minimum Gasteiger partial charge on any atom is -0.487 e. The number of para-hydroxylation sites is 1. The first kappa shape index (κ1) is 13.7. The predicted molar refractivity (Wildman–Crippen MR) is 83.1 cm³/mol. The summed E-state index contributed by atoms with van der Waals surface area (Å²) in [6.07, 6.45) is 0. The third kappa shape index (κ3) is 2.77. The second kappa shape index (κ2) is 5.60. The van der Waals surface area contributed by atoms with Crippen LogP contribution in [0.25, 0.3) is 10.9 Å². The monoisotopic (exact) mass is 283 g/mol. The fourth-order valence-electron chi connectivity index (χ4n) is 2.65. The zero-order valence-corrected chi connectivity index (χ0v) is 12.2. The van der Waals surface area contributed by atoms with Crippen LogP contribution in [0.1, 0.15) is 25.6 Å². The van der Waals surface area contributed by atoms with Gasteiger partial charge in [-0.15, -0.1) is 0 Å². The van der Waals surface area contributed by atoms with E-state index in [9.17, 15) is 4.39 Å². The number of nitrogens with zero attached hydrogens (tertiary/aromatic N) is 1. The van der Waals surface area contributed by atoms with E-state index < -0.39 is 0 Å². The lowest BCUT2D eigenvalue weighted by molar-refractivity contribution is 0.293. The van der Waals surface area contributed by atoms with Gasteiger partial charge in [0.25, 0.3) is 0 Å². The van der Waals surface area contributed by atoms with Gasteiger partial charge in [0.1, 0.15) is 18.2 Å². The highest BCUT2D eigenvalue weighted by Crippen LogP contribution is 2.26. The smallest absolute Gasteiger partial charge is 0.128 e. The molecule has 1 aromatic heterocycles. The zero-order chi connectivity index (χ0) is 14.8. The molecule has 2 aromatic carbocycles. The van der Waals surface area contributed by atoms with Crippen molar-refractivity contribution in [3.63, 3.8) is 0 Å². The van der Waals surface area contributed by atoms with Crippen molar-refractivity contribution in [3.8, 4) is 5.75 Å². The summed E-state index contributed by atoms with van der Waals surface area (Å²) < 4.78 is 21.4. The molecule has 108 valence electrons. The Bertz CT molecular complexity index is 747. The Kier molecular flexibility index (Phi) is 3.65. The van der Waals surface area contributed by atoms with Gasteiger partial charge < -0.3 is 9.30 Å². The van der Waals surface area contributed by atoms with Crippen molar-refractivity contribution >= 4 is 10.9 Å². The van der Waals surface area contributed by atoms with Gasteiger partial charge in [-0.1, -0.05) is 18.2 Å². The molecular formula is C18H18FNO. The highest BCUT2D eigenvalue weighted by Gasteiger charge is 2.12. The molecule has 0 bridgehead atoms. The van der Waals surface area contributed by atoms with E-state index in [1.807, 2.05) is 36.4 Å². The summed E-state index contributed by atoms with van der Waals surface area (Å²) in [6, 6.07) is 16.9. The van der Waals surface area contributed by atoms with Gasteiger partial charge in [-0.05, 0) is 50.2 Å². The molecule has 0 aliphatic carbocycles. The minimum absolute atomic E-state index is 0.210. The van der Waals surface area contributed by atoms with Crippen LogP contribution >= 0.6 is 0 Å². The Balaban J connectivity index is 1.96.